The van der Waals surface area contributed by atoms with Crippen LogP contribution in [-0.4, -0.2) is 4.98 Å². The number of benzene rings is 1. The van der Waals surface area contributed by atoms with Crippen molar-refractivity contribution in [3.8, 4) is 17.3 Å². The van der Waals surface area contributed by atoms with E-state index in [2.05, 4.69) is 46.0 Å². The van der Waals surface area contributed by atoms with Gasteiger partial charge in [0.1, 0.15) is 5.01 Å². The standard InChI is InChI=1S/C12H9BrN2S/c1-8-2-3-9(13)6-10(8)11-7-16-12(15-11)4-5-14/h2-3,6-7H,4H2,1H3. The molecule has 0 bridgehead atoms. The molecule has 0 saturated carbocycles. The fraction of sp³-hybridized carbons (Fsp3) is 0.167. The highest BCUT2D eigenvalue weighted by Gasteiger charge is 2.07. The Labute approximate surface area is 107 Å². The summed E-state index contributed by atoms with van der Waals surface area (Å²) in [6, 6.07) is 8.24. The van der Waals surface area contributed by atoms with Crippen LogP contribution in [0.4, 0.5) is 0 Å². The summed E-state index contributed by atoms with van der Waals surface area (Å²) in [7, 11) is 0. The second-order valence-corrected chi connectivity index (χ2v) is 5.28. The van der Waals surface area contributed by atoms with Gasteiger partial charge in [0.15, 0.2) is 0 Å². The molecule has 0 aliphatic rings. The van der Waals surface area contributed by atoms with Crippen molar-refractivity contribution in [2.75, 3.05) is 0 Å². The molecule has 0 spiro atoms. The van der Waals surface area contributed by atoms with Crippen LogP contribution in [-0.2, 0) is 6.42 Å². The lowest BCUT2D eigenvalue weighted by Crippen LogP contribution is -1.85. The predicted octanol–water partition coefficient (Wildman–Crippen LogP) is 3.95. The minimum absolute atomic E-state index is 0.387. The Morgan fingerprint density at radius 1 is 1.50 bits per heavy atom. The highest BCUT2D eigenvalue weighted by Crippen LogP contribution is 2.27. The number of thiazole rings is 1. The van der Waals surface area contributed by atoms with E-state index in [4.69, 9.17) is 5.26 Å². The van der Waals surface area contributed by atoms with Gasteiger partial charge in [0.05, 0.1) is 18.2 Å². The van der Waals surface area contributed by atoms with E-state index in [1.807, 2.05) is 11.4 Å². The molecular formula is C12H9BrN2S. The number of nitriles is 1. The normalized spacial score (nSPS) is 10.1. The van der Waals surface area contributed by atoms with Crippen LogP contribution in [0.5, 0.6) is 0 Å². The van der Waals surface area contributed by atoms with Gasteiger partial charge in [0.25, 0.3) is 0 Å². The minimum Gasteiger partial charge on any atom is -0.240 e. The molecule has 0 aliphatic carbocycles. The molecule has 0 saturated heterocycles. The van der Waals surface area contributed by atoms with Crippen LogP contribution in [0.3, 0.4) is 0 Å². The van der Waals surface area contributed by atoms with Crippen LogP contribution in [0, 0.1) is 18.3 Å². The molecule has 0 radical (unpaired) electrons. The molecule has 2 nitrogen and oxygen atoms in total. The van der Waals surface area contributed by atoms with Crippen LogP contribution in [0.2, 0.25) is 0 Å². The van der Waals surface area contributed by atoms with Gasteiger partial charge in [0.2, 0.25) is 0 Å². The Morgan fingerprint density at radius 2 is 2.31 bits per heavy atom. The van der Waals surface area contributed by atoms with Crippen LogP contribution >= 0.6 is 27.3 Å². The third-order valence-electron chi connectivity index (χ3n) is 2.26. The zero-order valence-electron chi connectivity index (χ0n) is 8.70. The molecule has 16 heavy (non-hydrogen) atoms. The van der Waals surface area contributed by atoms with Crippen molar-refractivity contribution in [3.63, 3.8) is 0 Å². The van der Waals surface area contributed by atoms with Gasteiger partial charge >= 0.3 is 0 Å². The van der Waals surface area contributed by atoms with Crippen molar-refractivity contribution in [2.24, 2.45) is 0 Å². The molecular weight excluding hydrogens is 284 g/mol. The van der Waals surface area contributed by atoms with Gasteiger partial charge in [-0.2, -0.15) is 5.26 Å². The van der Waals surface area contributed by atoms with Crippen molar-refractivity contribution >= 4 is 27.3 Å². The average molecular weight is 293 g/mol. The van der Waals surface area contributed by atoms with Crippen LogP contribution in [0.25, 0.3) is 11.3 Å². The Bertz CT molecular complexity index is 554. The average Bonchev–Trinajstić information content (AvgIpc) is 2.71. The first kappa shape index (κ1) is 11.3. The number of nitrogens with zero attached hydrogens (tertiary/aromatic N) is 2. The summed E-state index contributed by atoms with van der Waals surface area (Å²) >= 11 is 4.99. The molecule has 2 rings (SSSR count). The fourth-order valence-corrected chi connectivity index (χ4v) is 2.54. The van der Waals surface area contributed by atoms with Crippen molar-refractivity contribution in [2.45, 2.75) is 13.3 Å². The van der Waals surface area contributed by atoms with Crippen LogP contribution < -0.4 is 0 Å². The minimum atomic E-state index is 0.387. The van der Waals surface area contributed by atoms with E-state index >= 15 is 0 Å². The molecule has 4 heteroatoms. The summed E-state index contributed by atoms with van der Waals surface area (Å²) < 4.78 is 1.04. The van der Waals surface area contributed by atoms with Crippen LogP contribution in [0.1, 0.15) is 10.6 Å². The molecule has 0 amide bonds. The summed E-state index contributed by atoms with van der Waals surface area (Å²) in [5.74, 6) is 0. The van der Waals surface area contributed by atoms with Gasteiger partial charge in [-0.3, -0.25) is 0 Å². The predicted molar refractivity (Wildman–Crippen MR) is 69.3 cm³/mol. The summed E-state index contributed by atoms with van der Waals surface area (Å²) in [6.45, 7) is 2.06. The van der Waals surface area contributed by atoms with E-state index in [0.29, 0.717) is 6.42 Å². The largest absolute Gasteiger partial charge is 0.240 e. The SMILES string of the molecule is Cc1ccc(Br)cc1-c1csc(CC#N)n1. The van der Waals surface area contributed by atoms with E-state index in [0.717, 1.165) is 20.7 Å². The molecule has 0 aliphatic heterocycles. The van der Waals surface area contributed by atoms with Gasteiger partial charge in [-0.1, -0.05) is 22.0 Å². The van der Waals surface area contributed by atoms with Gasteiger partial charge in [-0.15, -0.1) is 11.3 Å². The van der Waals surface area contributed by atoms with E-state index in [9.17, 15) is 0 Å². The maximum atomic E-state index is 8.61. The molecule has 0 N–H and O–H groups in total. The topological polar surface area (TPSA) is 36.7 Å². The molecule has 1 heterocycles. The fourth-order valence-electron chi connectivity index (χ4n) is 1.45. The molecule has 1 aromatic heterocycles. The second-order valence-electron chi connectivity index (χ2n) is 3.42. The molecule has 0 atom stereocenters. The number of aromatic nitrogens is 1. The monoisotopic (exact) mass is 292 g/mol. The zero-order chi connectivity index (χ0) is 11.5. The van der Waals surface area contributed by atoms with E-state index in [1.165, 1.54) is 16.9 Å². The summed E-state index contributed by atoms with van der Waals surface area (Å²) in [5.41, 5.74) is 3.26. The van der Waals surface area contributed by atoms with Gasteiger partial charge in [-0.05, 0) is 24.6 Å². The summed E-state index contributed by atoms with van der Waals surface area (Å²) in [5, 5.41) is 11.5. The molecule has 2 aromatic rings. The molecule has 0 fully saturated rings. The maximum absolute atomic E-state index is 8.61. The lowest BCUT2D eigenvalue weighted by molar-refractivity contribution is 1.19. The first-order valence-corrected chi connectivity index (χ1v) is 6.46. The Kier molecular flexibility index (Phi) is 3.37. The maximum Gasteiger partial charge on any atom is 0.107 e. The van der Waals surface area contributed by atoms with Crippen molar-refractivity contribution in [3.05, 3.63) is 38.6 Å². The highest BCUT2D eigenvalue weighted by atomic mass is 79.9. The first-order valence-electron chi connectivity index (χ1n) is 4.78. The third kappa shape index (κ3) is 2.31. The summed E-state index contributed by atoms with van der Waals surface area (Å²) in [6.07, 6.45) is 0.387. The van der Waals surface area contributed by atoms with Crippen molar-refractivity contribution in [1.29, 1.82) is 5.26 Å². The van der Waals surface area contributed by atoms with Crippen molar-refractivity contribution < 1.29 is 0 Å². The third-order valence-corrected chi connectivity index (χ3v) is 3.60. The smallest absolute Gasteiger partial charge is 0.107 e. The Morgan fingerprint density at radius 3 is 3.06 bits per heavy atom. The lowest BCUT2D eigenvalue weighted by atomic mass is 10.1. The zero-order valence-corrected chi connectivity index (χ0v) is 11.1. The van der Waals surface area contributed by atoms with Gasteiger partial charge in [-0.25, -0.2) is 4.98 Å². The summed E-state index contributed by atoms with van der Waals surface area (Å²) in [4.78, 5) is 4.45. The van der Waals surface area contributed by atoms with E-state index < -0.39 is 0 Å². The van der Waals surface area contributed by atoms with Gasteiger partial charge in [0, 0.05) is 15.4 Å². The number of rotatable bonds is 2. The number of hydrogen-bond donors (Lipinski definition) is 0. The van der Waals surface area contributed by atoms with E-state index in [1.54, 1.807) is 0 Å². The number of halogens is 1. The Balaban J connectivity index is 2.42. The van der Waals surface area contributed by atoms with E-state index in [-0.39, 0.29) is 0 Å². The second kappa shape index (κ2) is 4.77. The number of aryl methyl sites for hydroxylation is 1. The van der Waals surface area contributed by atoms with Crippen molar-refractivity contribution in [1.82, 2.24) is 4.98 Å². The molecule has 1 aromatic carbocycles. The molecule has 0 unspecified atom stereocenters. The quantitative estimate of drug-likeness (QED) is 0.840. The lowest BCUT2D eigenvalue weighted by Gasteiger charge is -2.02. The first-order chi connectivity index (χ1) is 7.70. The molecule has 80 valence electrons. The Hall–Kier alpha value is -1.18. The highest BCUT2D eigenvalue weighted by molar-refractivity contribution is 9.10. The van der Waals surface area contributed by atoms with Crippen LogP contribution in [0.15, 0.2) is 28.1 Å². The van der Waals surface area contributed by atoms with Gasteiger partial charge < -0.3 is 0 Å². The number of hydrogen-bond acceptors (Lipinski definition) is 3.